The average Bonchev–Trinajstić information content (AvgIpc) is 3.30. The van der Waals surface area contributed by atoms with Crippen LogP contribution < -0.4 is 0 Å². The third-order valence-electron chi connectivity index (χ3n) is 5.01. The highest BCUT2D eigenvalue weighted by atomic mass is 32.1. The molecule has 142 valence electrons. The number of hydrogen-bond donors (Lipinski definition) is 1. The number of aryl methyl sites for hydroxylation is 1. The summed E-state index contributed by atoms with van der Waals surface area (Å²) >= 11 is 5.35. The van der Waals surface area contributed by atoms with Gasteiger partial charge in [0.1, 0.15) is 0 Å². The molecule has 0 radical (unpaired) electrons. The van der Waals surface area contributed by atoms with Crippen LogP contribution in [0.4, 0.5) is 0 Å². The van der Waals surface area contributed by atoms with Crippen molar-refractivity contribution in [2.45, 2.75) is 13.5 Å². The quantitative estimate of drug-likeness (QED) is 0.342. The standard InChI is InChI=1S/C22H18N6S/c1-2-27-19-8-4-3-7-17(19)18-12-15(9-10-20(18)27)13-24-28-21(25-26-22(28)29)16-6-5-11-23-14-16/h3-14H,2H2,1H3,(H,26,29)/b24-13-. The Bertz CT molecular complexity index is 1410. The number of aromatic nitrogens is 5. The van der Waals surface area contributed by atoms with Gasteiger partial charge in [0.25, 0.3) is 0 Å². The molecule has 5 rings (SSSR count). The lowest BCUT2D eigenvalue weighted by atomic mass is 10.1. The van der Waals surface area contributed by atoms with Crippen LogP contribution in [0.3, 0.4) is 0 Å². The normalized spacial score (nSPS) is 11.8. The second kappa shape index (κ2) is 7.10. The summed E-state index contributed by atoms with van der Waals surface area (Å²) < 4.78 is 4.38. The largest absolute Gasteiger partial charge is 0.341 e. The molecule has 0 aliphatic carbocycles. The fraction of sp³-hybridized carbons (Fsp3) is 0.0909. The maximum atomic E-state index is 5.35. The van der Waals surface area contributed by atoms with E-state index in [4.69, 9.17) is 12.2 Å². The monoisotopic (exact) mass is 398 g/mol. The number of aromatic amines is 1. The van der Waals surface area contributed by atoms with Gasteiger partial charge in [-0.2, -0.15) is 14.9 Å². The molecule has 0 saturated carbocycles. The SMILES string of the molecule is CCn1c2ccccc2c2cc(/C=N\n3c(-c4cccnc4)n[nH]c3=S)ccc21. The molecular weight excluding hydrogens is 380 g/mol. The molecule has 0 amide bonds. The van der Waals surface area contributed by atoms with E-state index in [1.807, 2.05) is 18.3 Å². The molecule has 0 fully saturated rings. The van der Waals surface area contributed by atoms with Gasteiger partial charge in [-0.05, 0) is 55.0 Å². The summed E-state index contributed by atoms with van der Waals surface area (Å²) in [6.45, 7) is 3.10. The van der Waals surface area contributed by atoms with Crippen molar-refractivity contribution in [1.82, 2.24) is 24.4 Å². The van der Waals surface area contributed by atoms with Gasteiger partial charge in [-0.3, -0.25) is 4.98 Å². The number of H-pyrrole nitrogens is 1. The molecule has 5 aromatic rings. The summed E-state index contributed by atoms with van der Waals surface area (Å²) in [7, 11) is 0. The highest BCUT2D eigenvalue weighted by molar-refractivity contribution is 7.71. The number of fused-ring (bicyclic) bond motifs is 3. The lowest BCUT2D eigenvalue weighted by molar-refractivity contribution is 0.827. The minimum Gasteiger partial charge on any atom is -0.341 e. The number of para-hydroxylation sites is 1. The fourth-order valence-corrected chi connectivity index (χ4v) is 3.88. The Labute approximate surface area is 172 Å². The Morgan fingerprint density at radius 1 is 1.07 bits per heavy atom. The van der Waals surface area contributed by atoms with Crippen molar-refractivity contribution >= 4 is 40.2 Å². The van der Waals surface area contributed by atoms with Gasteiger partial charge >= 0.3 is 0 Å². The molecule has 0 saturated heterocycles. The summed E-state index contributed by atoms with van der Waals surface area (Å²) in [6, 6.07) is 18.7. The van der Waals surface area contributed by atoms with Crippen LogP contribution in [0.1, 0.15) is 12.5 Å². The van der Waals surface area contributed by atoms with Crippen LogP contribution >= 0.6 is 12.2 Å². The summed E-state index contributed by atoms with van der Waals surface area (Å²) in [5, 5.41) is 14.1. The molecule has 1 N–H and O–H groups in total. The average molecular weight is 398 g/mol. The third-order valence-corrected chi connectivity index (χ3v) is 5.27. The Hall–Kier alpha value is -3.58. The molecule has 3 aromatic heterocycles. The van der Waals surface area contributed by atoms with Crippen LogP contribution in [-0.4, -0.2) is 30.6 Å². The van der Waals surface area contributed by atoms with Gasteiger partial charge in [-0.1, -0.05) is 24.3 Å². The highest BCUT2D eigenvalue weighted by Gasteiger charge is 2.10. The van der Waals surface area contributed by atoms with Gasteiger partial charge in [0.15, 0.2) is 5.82 Å². The molecule has 29 heavy (non-hydrogen) atoms. The first-order chi connectivity index (χ1) is 14.3. The molecule has 0 bridgehead atoms. The molecule has 0 atom stereocenters. The first-order valence-corrected chi connectivity index (χ1v) is 9.80. The number of hydrogen-bond acceptors (Lipinski definition) is 4. The van der Waals surface area contributed by atoms with Crippen LogP contribution in [-0.2, 0) is 6.54 Å². The molecule has 7 heteroatoms. The highest BCUT2D eigenvalue weighted by Crippen LogP contribution is 2.29. The van der Waals surface area contributed by atoms with E-state index in [-0.39, 0.29) is 0 Å². The fourth-order valence-electron chi connectivity index (χ4n) is 3.70. The molecule has 6 nitrogen and oxygen atoms in total. The van der Waals surface area contributed by atoms with Gasteiger partial charge in [-0.15, -0.1) is 0 Å². The zero-order valence-electron chi connectivity index (χ0n) is 15.8. The minimum absolute atomic E-state index is 0.434. The first-order valence-electron chi connectivity index (χ1n) is 9.39. The van der Waals surface area contributed by atoms with E-state index in [0.29, 0.717) is 10.6 Å². The molecule has 0 unspecified atom stereocenters. The first kappa shape index (κ1) is 17.5. The van der Waals surface area contributed by atoms with Crippen molar-refractivity contribution in [3.63, 3.8) is 0 Å². The Morgan fingerprint density at radius 2 is 1.93 bits per heavy atom. The molecule has 0 aliphatic rings. The minimum atomic E-state index is 0.434. The topological polar surface area (TPSA) is 63.8 Å². The van der Waals surface area contributed by atoms with Crippen LogP contribution in [0.2, 0.25) is 0 Å². The Balaban J connectivity index is 1.60. The van der Waals surface area contributed by atoms with Gasteiger partial charge in [0, 0.05) is 46.3 Å². The third kappa shape index (κ3) is 2.96. The Kier molecular flexibility index (Phi) is 4.29. The van der Waals surface area contributed by atoms with Crippen LogP contribution in [0.15, 0.2) is 72.1 Å². The lowest BCUT2D eigenvalue weighted by Gasteiger charge is -2.03. The van der Waals surface area contributed by atoms with Crippen LogP contribution in [0.5, 0.6) is 0 Å². The summed E-state index contributed by atoms with van der Waals surface area (Å²) in [5.74, 6) is 0.628. The van der Waals surface area contributed by atoms with E-state index < -0.39 is 0 Å². The van der Waals surface area contributed by atoms with E-state index in [1.54, 1.807) is 17.1 Å². The van der Waals surface area contributed by atoms with Gasteiger partial charge in [-0.25, -0.2) is 5.10 Å². The van der Waals surface area contributed by atoms with E-state index in [1.165, 1.54) is 21.8 Å². The van der Waals surface area contributed by atoms with Gasteiger partial charge < -0.3 is 4.57 Å². The van der Waals surface area contributed by atoms with Gasteiger partial charge in [0.2, 0.25) is 4.77 Å². The van der Waals surface area contributed by atoms with Crippen LogP contribution in [0.25, 0.3) is 33.2 Å². The Morgan fingerprint density at radius 3 is 2.76 bits per heavy atom. The van der Waals surface area contributed by atoms with Crippen LogP contribution in [0, 0.1) is 4.77 Å². The summed E-state index contributed by atoms with van der Waals surface area (Å²) in [6.07, 6.45) is 5.27. The van der Waals surface area contributed by atoms with E-state index in [2.05, 4.69) is 74.2 Å². The second-order valence-corrected chi connectivity index (χ2v) is 7.08. The molecule has 3 heterocycles. The molecule has 0 aliphatic heterocycles. The number of pyridine rings is 1. The zero-order valence-corrected chi connectivity index (χ0v) is 16.6. The van der Waals surface area contributed by atoms with Crippen molar-refractivity contribution in [2.75, 3.05) is 0 Å². The van der Waals surface area contributed by atoms with Crippen molar-refractivity contribution < 1.29 is 0 Å². The van der Waals surface area contributed by atoms with Crippen molar-refractivity contribution in [1.29, 1.82) is 0 Å². The number of benzene rings is 2. The number of nitrogens with one attached hydrogen (secondary N) is 1. The lowest BCUT2D eigenvalue weighted by Crippen LogP contribution is -1.96. The predicted molar refractivity (Wildman–Crippen MR) is 119 cm³/mol. The maximum Gasteiger partial charge on any atom is 0.216 e. The molecule has 2 aromatic carbocycles. The number of nitrogens with zero attached hydrogens (tertiary/aromatic N) is 5. The van der Waals surface area contributed by atoms with Crippen molar-refractivity contribution in [3.05, 3.63) is 77.3 Å². The number of rotatable bonds is 4. The smallest absolute Gasteiger partial charge is 0.216 e. The zero-order chi connectivity index (χ0) is 19.8. The van der Waals surface area contributed by atoms with E-state index >= 15 is 0 Å². The predicted octanol–water partition coefficient (Wildman–Crippen LogP) is 5.01. The maximum absolute atomic E-state index is 5.35. The summed E-state index contributed by atoms with van der Waals surface area (Å²) in [4.78, 5) is 4.15. The van der Waals surface area contributed by atoms with E-state index in [9.17, 15) is 0 Å². The molecular formula is C22H18N6S. The van der Waals surface area contributed by atoms with E-state index in [0.717, 1.165) is 17.7 Å². The second-order valence-electron chi connectivity index (χ2n) is 6.69. The molecule has 0 spiro atoms. The van der Waals surface area contributed by atoms with Gasteiger partial charge in [0.05, 0.1) is 6.21 Å². The summed E-state index contributed by atoms with van der Waals surface area (Å²) in [5.41, 5.74) is 4.31. The van der Waals surface area contributed by atoms with Crippen molar-refractivity contribution in [3.8, 4) is 11.4 Å². The van der Waals surface area contributed by atoms with Crippen molar-refractivity contribution in [2.24, 2.45) is 5.10 Å².